The fourth-order valence-electron chi connectivity index (χ4n) is 2.05. The summed E-state index contributed by atoms with van der Waals surface area (Å²) in [5.41, 5.74) is -0.400. The molecule has 0 aliphatic rings. The molecule has 1 aromatic carbocycles. The van der Waals surface area contributed by atoms with Crippen molar-refractivity contribution in [1.29, 1.82) is 0 Å². The van der Waals surface area contributed by atoms with Gasteiger partial charge < -0.3 is 14.4 Å². The van der Waals surface area contributed by atoms with Crippen LogP contribution >= 0.6 is 0 Å². The Kier molecular flexibility index (Phi) is 6.37. The van der Waals surface area contributed by atoms with Crippen LogP contribution in [0.3, 0.4) is 0 Å². The highest BCUT2D eigenvalue weighted by atomic mass is 19.4. The molecule has 2 atom stereocenters. The molecule has 0 saturated carbocycles. The molecule has 0 aliphatic carbocycles. The Morgan fingerprint density at radius 2 is 1.95 bits per heavy atom. The Bertz CT molecular complexity index is 505. The van der Waals surface area contributed by atoms with Gasteiger partial charge in [-0.3, -0.25) is 4.79 Å². The molecule has 124 valence electrons. The van der Waals surface area contributed by atoms with Crippen molar-refractivity contribution in [3.63, 3.8) is 0 Å². The second kappa shape index (κ2) is 7.60. The maximum absolute atomic E-state index is 12.8. The summed E-state index contributed by atoms with van der Waals surface area (Å²) in [6.07, 6.45) is -5.12. The molecule has 7 heteroatoms. The van der Waals surface area contributed by atoms with Gasteiger partial charge in [-0.1, -0.05) is 12.1 Å². The molecule has 0 aromatic heterocycles. The topological polar surface area (TPSA) is 38.8 Å². The number of amides is 1. The number of benzene rings is 1. The summed E-state index contributed by atoms with van der Waals surface area (Å²) in [5.74, 6) is -0.332. The largest absolute Gasteiger partial charge is 0.416 e. The van der Waals surface area contributed by atoms with Gasteiger partial charge in [0.05, 0.1) is 18.2 Å². The first kappa shape index (κ1) is 18.4. The maximum atomic E-state index is 12.8. The van der Waals surface area contributed by atoms with Crippen molar-refractivity contribution in [3.8, 4) is 0 Å². The SMILES string of the molecule is COCC(c1cccc(C(F)(F)F)c1)N(C)C(=O)C(C)OC. The fourth-order valence-corrected chi connectivity index (χ4v) is 2.05. The van der Waals surface area contributed by atoms with Crippen molar-refractivity contribution in [3.05, 3.63) is 35.4 Å². The van der Waals surface area contributed by atoms with Crippen LogP contribution in [0.2, 0.25) is 0 Å². The quantitative estimate of drug-likeness (QED) is 0.809. The smallest absolute Gasteiger partial charge is 0.382 e. The molecule has 1 aromatic rings. The van der Waals surface area contributed by atoms with E-state index in [1.807, 2.05) is 0 Å². The lowest BCUT2D eigenvalue weighted by Gasteiger charge is -2.30. The summed E-state index contributed by atoms with van der Waals surface area (Å²) < 4.78 is 48.5. The predicted octanol–water partition coefficient (Wildman–Crippen LogP) is 2.89. The zero-order valence-electron chi connectivity index (χ0n) is 13.0. The number of halogens is 3. The molecule has 0 saturated heterocycles. The van der Waals surface area contributed by atoms with E-state index in [9.17, 15) is 18.0 Å². The fraction of sp³-hybridized carbons (Fsp3) is 0.533. The highest BCUT2D eigenvalue weighted by Crippen LogP contribution is 2.32. The number of likely N-dealkylation sites (N-methyl/N-ethyl adjacent to an activating group) is 1. The molecule has 2 unspecified atom stereocenters. The van der Waals surface area contributed by atoms with Crippen LogP contribution in [0, 0.1) is 0 Å². The lowest BCUT2D eigenvalue weighted by atomic mass is 10.0. The van der Waals surface area contributed by atoms with Crippen LogP contribution in [0.4, 0.5) is 13.2 Å². The van der Waals surface area contributed by atoms with E-state index in [-0.39, 0.29) is 12.5 Å². The Hall–Kier alpha value is -1.60. The number of hydrogen-bond acceptors (Lipinski definition) is 3. The van der Waals surface area contributed by atoms with Crippen molar-refractivity contribution in [2.24, 2.45) is 0 Å². The predicted molar refractivity (Wildman–Crippen MR) is 75.3 cm³/mol. The van der Waals surface area contributed by atoms with Crippen LogP contribution in [0.25, 0.3) is 0 Å². The summed E-state index contributed by atoms with van der Waals surface area (Å²) in [6.45, 7) is 1.66. The molecule has 0 spiro atoms. The van der Waals surface area contributed by atoms with E-state index in [4.69, 9.17) is 9.47 Å². The number of hydrogen-bond donors (Lipinski definition) is 0. The molecular formula is C15H20F3NO3. The second-order valence-electron chi connectivity index (χ2n) is 4.92. The van der Waals surface area contributed by atoms with Crippen molar-refractivity contribution >= 4 is 5.91 Å². The lowest BCUT2D eigenvalue weighted by molar-refractivity contribution is -0.143. The van der Waals surface area contributed by atoms with E-state index in [1.54, 1.807) is 13.0 Å². The van der Waals surface area contributed by atoms with Crippen molar-refractivity contribution in [2.45, 2.75) is 25.2 Å². The zero-order chi connectivity index (χ0) is 16.9. The van der Waals surface area contributed by atoms with E-state index < -0.39 is 23.9 Å². The number of alkyl halides is 3. The highest BCUT2D eigenvalue weighted by Gasteiger charge is 2.32. The van der Waals surface area contributed by atoms with Crippen molar-refractivity contribution < 1.29 is 27.4 Å². The van der Waals surface area contributed by atoms with E-state index >= 15 is 0 Å². The minimum Gasteiger partial charge on any atom is -0.382 e. The molecule has 0 fully saturated rings. The molecule has 0 bridgehead atoms. The summed E-state index contributed by atoms with van der Waals surface area (Å²) >= 11 is 0. The van der Waals surface area contributed by atoms with Crippen LogP contribution in [0.15, 0.2) is 24.3 Å². The normalized spacial score (nSPS) is 14.5. The molecule has 0 heterocycles. The summed E-state index contributed by atoms with van der Waals surface area (Å²) in [7, 11) is 4.34. The molecule has 0 radical (unpaired) electrons. The number of nitrogens with zero attached hydrogens (tertiary/aromatic N) is 1. The number of carbonyl (C=O) groups excluding carboxylic acids is 1. The number of carbonyl (C=O) groups is 1. The minimum atomic E-state index is -4.43. The molecule has 0 N–H and O–H groups in total. The minimum absolute atomic E-state index is 0.0833. The third-order valence-corrected chi connectivity index (χ3v) is 3.44. The molecule has 0 aliphatic heterocycles. The van der Waals surface area contributed by atoms with E-state index in [0.29, 0.717) is 5.56 Å². The lowest BCUT2D eigenvalue weighted by Crippen LogP contribution is -2.40. The molecule has 1 amide bonds. The Labute approximate surface area is 127 Å². The summed E-state index contributed by atoms with van der Waals surface area (Å²) in [5, 5.41) is 0. The maximum Gasteiger partial charge on any atom is 0.416 e. The first-order chi connectivity index (χ1) is 10.2. The Balaban J connectivity index is 3.13. The average Bonchev–Trinajstić information content (AvgIpc) is 2.49. The molecule has 4 nitrogen and oxygen atoms in total. The molecule has 1 rings (SSSR count). The molecule has 22 heavy (non-hydrogen) atoms. The third kappa shape index (κ3) is 4.45. The van der Waals surface area contributed by atoms with Crippen LogP contribution < -0.4 is 0 Å². The van der Waals surface area contributed by atoms with Crippen LogP contribution in [-0.4, -0.2) is 44.8 Å². The van der Waals surface area contributed by atoms with Gasteiger partial charge in [-0.25, -0.2) is 0 Å². The highest BCUT2D eigenvalue weighted by molar-refractivity contribution is 5.80. The van der Waals surface area contributed by atoms with Crippen LogP contribution in [-0.2, 0) is 20.4 Å². The van der Waals surface area contributed by atoms with Gasteiger partial charge in [-0.2, -0.15) is 13.2 Å². The van der Waals surface area contributed by atoms with E-state index in [0.717, 1.165) is 12.1 Å². The van der Waals surface area contributed by atoms with E-state index in [1.165, 1.54) is 32.2 Å². The van der Waals surface area contributed by atoms with Gasteiger partial charge in [0.2, 0.25) is 0 Å². The monoisotopic (exact) mass is 319 g/mol. The van der Waals surface area contributed by atoms with Gasteiger partial charge in [0.25, 0.3) is 5.91 Å². The number of methoxy groups -OCH3 is 2. The Morgan fingerprint density at radius 1 is 1.32 bits per heavy atom. The van der Waals surface area contributed by atoms with E-state index in [2.05, 4.69) is 0 Å². The number of ether oxygens (including phenoxy) is 2. The third-order valence-electron chi connectivity index (χ3n) is 3.44. The van der Waals surface area contributed by atoms with Crippen LogP contribution in [0.1, 0.15) is 24.1 Å². The average molecular weight is 319 g/mol. The van der Waals surface area contributed by atoms with Gasteiger partial charge in [0.15, 0.2) is 0 Å². The van der Waals surface area contributed by atoms with Gasteiger partial charge in [-0.05, 0) is 24.6 Å². The summed E-state index contributed by atoms with van der Waals surface area (Å²) in [6, 6.07) is 4.26. The second-order valence-corrected chi connectivity index (χ2v) is 4.92. The van der Waals surface area contributed by atoms with Crippen LogP contribution in [0.5, 0.6) is 0 Å². The van der Waals surface area contributed by atoms with Gasteiger partial charge in [0.1, 0.15) is 6.10 Å². The first-order valence-corrected chi connectivity index (χ1v) is 6.68. The van der Waals surface area contributed by atoms with Crippen molar-refractivity contribution in [2.75, 3.05) is 27.9 Å². The zero-order valence-corrected chi connectivity index (χ0v) is 13.0. The van der Waals surface area contributed by atoms with Gasteiger partial charge in [0, 0.05) is 21.3 Å². The van der Waals surface area contributed by atoms with Crippen molar-refractivity contribution in [1.82, 2.24) is 4.90 Å². The summed E-state index contributed by atoms with van der Waals surface area (Å²) in [4.78, 5) is 13.5. The van der Waals surface area contributed by atoms with Gasteiger partial charge >= 0.3 is 6.18 Å². The number of rotatable bonds is 6. The first-order valence-electron chi connectivity index (χ1n) is 6.68. The van der Waals surface area contributed by atoms with Gasteiger partial charge in [-0.15, -0.1) is 0 Å². The Morgan fingerprint density at radius 3 is 2.45 bits per heavy atom. The standard InChI is InChI=1S/C15H20F3NO3/c1-10(22-4)14(20)19(2)13(9-21-3)11-6-5-7-12(8-11)15(16,17)18/h5-8,10,13H,9H2,1-4H3. The molecular weight excluding hydrogens is 299 g/mol.